The molecule has 0 saturated heterocycles. The highest BCUT2D eigenvalue weighted by Crippen LogP contribution is 2.24. The quantitative estimate of drug-likeness (QED) is 0.487. The minimum atomic E-state index is -1.08. The van der Waals surface area contributed by atoms with Crippen LogP contribution in [0, 0.1) is 5.92 Å². The van der Waals surface area contributed by atoms with Gasteiger partial charge in [0.1, 0.15) is 0 Å². The van der Waals surface area contributed by atoms with Gasteiger partial charge in [0, 0.05) is 6.54 Å². The van der Waals surface area contributed by atoms with Gasteiger partial charge in [0.15, 0.2) is 0 Å². The standard InChI is InChI=1S/C10H18N2O4/c11-8(4-9(14)15)10(16)12-5-6-1-2-7(13)3-6/h6-8,13H,1-5,11H2,(H,12,16)(H,14,15). The molecule has 3 unspecified atom stereocenters. The molecule has 0 aromatic heterocycles. The maximum atomic E-state index is 11.4. The third-order valence-corrected chi connectivity index (χ3v) is 2.81. The van der Waals surface area contributed by atoms with Crippen LogP contribution in [0.4, 0.5) is 0 Å². The van der Waals surface area contributed by atoms with Gasteiger partial charge in [0.25, 0.3) is 0 Å². The second kappa shape index (κ2) is 5.81. The Kier molecular flexibility index (Phi) is 4.70. The van der Waals surface area contributed by atoms with E-state index in [1.807, 2.05) is 0 Å². The Morgan fingerprint density at radius 3 is 2.62 bits per heavy atom. The molecule has 1 aliphatic carbocycles. The van der Waals surface area contributed by atoms with E-state index in [9.17, 15) is 14.7 Å². The SMILES string of the molecule is NC(CC(=O)O)C(=O)NCC1CCC(O)C1. The molecule has 0 spiro atoms. The number of carbonyl (C=O) groups excluding carboxylic acids is 1. The van der Waals surface area contributed by atoms with Crippen LogP contribution in [0.5, 0.6) is 0 Å². The van der Waals surface area contributed by atoms with E-state index in [-0.39, 0.29) is 18.4 Å². The van der Waals surface area contributed by atoms with Gasteiger partial charge >= 0.3 is 5.97 Å². The topological polar surface area (TPSA) is 113 Å². The zero-order chi connectivity index (χ0) is 12.1. The number of carboxylic acid groups (broad SMARTS) is 1. The van der Waals surface area contributed by atoms with Crippen LogP contribution < -0.4 is 11.1 Å². The number of rotatable bonds is 5. The Morgan fingerprint density at radius 1 is 1.44 bits per heavy atom. The van der Waals surface area contributed by atoms with E-state index in [4.69, 9.17) is 10.8 Å². The average molecular weight is 230 g/mol. The first kappa shape index (κ1) is 12.9. The number of aliphatic hydroxyl groups is 1. The van der Waals surface area contributed by atoms with Crippen molar-refractivity contribution in [1.82, 2.24) is 5.32 Å². The van der Waals surface area contributed by atoms with Gasteiger partial charge in [-0.3, -0.25) is 9.59 Å². The van der Waals surface area contributed by atoms with E-state index in [0.717, 1.165) is 12.8 Å². The fourth-order valence-corrected chi connectivity index (χ4v) is 1.89. The molecule has 0 bridgehead atoms. The molecule has 5 N–H and O–H groups in total. The lowest BCUT2D eigenvalue weighted by Gasteiger charge is -2.13. The molecule has 1 aliphatic rings. The number of nitrogens with two attached hydrogens (primary N) is 1. The van der Waals surface area contributed by atoms with Crippen molar-refractivity contribution in [3.8, 4) is 0 Å². The highest BCUT2D eigenvalue weighted by molar-refractivity contribution is 5.85. The van der Waals surface area contributed by atoms with Crippen molar-refractivity contribution >= 4 is 11.9 Å². The summed E-state index contributed by atoms with van der Waals surface area (Å²) in [4.78, 5) is 21.7. The van der Waals surface area contributed by atoms with E-state index in [0.29, 0.717) is 13.0 Å². The van der Waals surface area contributed by atoms with Gasteiger partial charge < -0.3 is 21.3 Å². The van der Waals surface area contributed by atoms with Crippen molar-refractivity contribution in [3.05, 3.63) is 0 Å². The van der Waals surface area contributed by atoms with Gasteiger partial charge in [-0.25, -0.2) is 0 Å². The molecule has 1 saturated carbocycles. The molecule has 0 radical (unpaired) electrons. The smallest absolute Gasteiger partial charge is 0.305 e. The molecular formula is C10H18N2O4. The summed E-state index contributed by atoms with van der Waals surface area (Å²) in [6.45, 7) is 0.462. The van der Waals surface area contributed by atoms with Crippen molar-refractivity contribution in [3.63, 3.8) is 0 Å². The number of hydrogen-bond acceptors (Lipinski definition) is 4. The first-order valence-corrected chi connectivity index (χ1v) is 5.42. The number of carboxylic acids is 1. The number of nitrogens with one attached hydrogen (secondary N) is 1. The molecule has 0 aromatic rings. The second-order valence-corrected chi connectivity index (χ2v) is 4.28. The van der Waals surface area contributed by atoms with Crippen LogP contribution >= 0.6 is 0 Å². The lowest BCUT2D eigenvalue weighted by Crippen LogP contribution is -2.43. The lowest BCUT2D eigenvalue weighted by atomic mass is 10.1. The zero-order valence-electron chi connectivity index (χ0n) is 9.06. The molecule has 1 fully saturated rings. The Hall–Kier alpha value is -1.14. The molecule has 3 atom stereocenters. The van der Waals surface area contributed by atoms with Crippen molar-refractivity contribution < 1.29 is 19.8 Å². The van der Waals surface area contributed by atoms with E-state index < -0.39 is 17.9 Å². The van der Waals surface area contributed by atoms with Crippen molar-refractivity contribution in [2.24, 2.45) is 11.7 Å². The van der Waals surface area contributed by atoms with Gasteiger partial charge in [-0.2, -0.15) is 0 Å². The van der Waals surface area contributed by atoms with Gasteiger partial charge in [-0.15, -0.1) is 0 Å². The number of carbonyl (C=O) groups is 2. The summed E-state index contributed by atoms with van der Waals surface area (Å²) in [5, 5.41) is 20.3. The summed E-state index contributed by atoms with van der Waals surface area (Å²) >= 11 is 0. The summed E-state index contributed by atoms with van der Waals surface area (Å²) in [6.07, 6.45) is 1.71. The van der Waals surface area contributed by atoms with Crippen LogP contribution in [0.1, 0.15) is 25.7 Å². The van der Waals surface area contributed by atoms with E-state index in [1.165, 1.54) is 0 Å². The maximum absolute atomic E-state index is 11.4. The van der Waals surface area contributed by atoms with Crippen LogP contribution in [-0.4, -0.2) is 40.8 Å². The minimum absolute atomic E-state index is 0.269. The first-order valence-electron chi connectivity index (χ1n) is 5.42. The predicted molar refractivity (Wildman–Crippen MR) is 56.6 cm³/mol. The van der Waals surface area contributed by atoms with Crippen molar-refractivity contribution in [2.75, 3.05) is 6.54 Å². The normalized spacial score (nSPS) is 26.4. The Labute approximate surface area is 93.8 Å². The molecule has 0 aliphatic heterocycles. The van der Waals surface area contributed by atoms with Crippen LogP contribution in [0.15, 0.2) is 0 Å². The molecule has 0 heterocycles. The fourth-order valence-electron chi connectivity index (χ4n) is 1.89. The number of aliphatic carboxylic acids is 1. The molecule has 0 aromatic carbocycles. The molecule has 6 heteroatoms. The van der Waals surface area contributed by atoms with Crippen LogP contribution in [0.2, 0.25) is 0 Å². The molecule has 6 nitrogen and oxygen atoms in total. The minimum Gasteiger partial charge on any atom is -0.481 e. The molecule has 16 heavy (non-hydrogen) atoms. The lowest BCUT2D eigenvalue weighted by molar-refractivity contribution is -0.139. The summed E-state index contributed by atoms with van der Waals surface area (Å²) < 4.78 is 0. The summed E-state index contributed by atoms with van der Waals surface area (Å²) in [7, 11) is 0. The van der Waals surface area contributed by atoms with E-state index in [2.05, 4.69) is 5.32 Å². The van der Waals surface area contributed by atoms with Gasteiger partial charge in [0.2, 0.25) is 5.91 Å². The molecule has 1 amide bonds. The Bertz CT molecular complexity index is 270. The first-order chi connectivity index (χ1) is 7.49. The number of hydrogen-bond donors (Lipinski definition) is 4. The highest BCUT2D eigenvalue weighted by atomic mass is 16.4. The summed E-state index contributed by atoms with van der Waals surface area (Å²) in [5.41, 5.74) is 5.39. The Morgan fingerprint density at radius 2 is 2.12 bits per heavy atom. The largest absolute Gasteiger partial charge is 0.481 e. The van der Waals surface area contributed by atoms with E-state index in [1.54, 1.807) is 0 Å². The van der Waals surface area contributed by atoms with Gasteiger partial charge in [0.05, 0.1) is 18.6 Å². The van der Waals surface area contributed by atoms with Crippen molar-refractivity contribution in [2.45, 2.75) is 37.8 Å². The van der Waals surface area contributed by atoms with Crippen LogP contribution in [0.3, 0.4) is 0 Å². The number of aliphatic hydroxyl groups excluding tert-OH is 1. The predicted octanol–water partition coefficient (Wildman–Crippen LogP) is -0.934. The number of amides is 1. The van der Waals surface area contributed by atoms with E-state index >= 15 is 0 Å². The maximum Gasteiger partial charge on any atom is 0.305 e. The highest BCUT2D eigenvalue weighted by Gasteiger charge is 2.24. The summed E-state index contributed by atoms with van der Waals surface area (Å²) in [5.74, 6) is -1.25. The molecular weight excluding hydrogens is 212 g/mol. The van der Waals surface area contributed by atoms with Gasteiger partial charge in [-0.05, 0) is 25.2 Å². The van der Waals surface area contributed by atoms with Gasteiger partial charge in [-0.1, -0.05) is 0 Å². The summed E-state index contributed by atoms with van der Waals surface area (Å²) in [6, 6.07) is -0.996. The molecule has 1 rings (SSSR count). The monoisotopic (exact) mass is 230 g/mol. The second-order valence-electron chi connectivity index (χ2n) is 4.28. The Balaban J connectivity index is 2.21. The third-order valence-electron chi connectivity index (χ3n) is 2.81. The average Bonchev–Trinajstić information content (AvgIpc) is 2.59. The van der Waals surface area contributed by atoms with Crippen molar-refractivity contribution in [1.29, 1.82) is 0 Å². The third kappa shape index (κ3) is 4.16. The zero-order valence-corrected chi connectivity index (χ0v) is 9.06. The molecule has 92 valence electrons. The van der Waals surface area contributed by atoms with Crippen LogP contribution in [0.25, 0.3) is 0 Å². The van der Waals surface area contributed by atoms with Crippen LogP contribution in [-0.2, 0) is 9.59 Å². The fraction of sp³-hybridized carbons (Fsp3) is 0.800.